The molecule has 0 aliphatic heterocycles. The minimum atomic E-state index is -0.508. The Morgan fingerprint density at radius 3 is 2.61 bits per heavy atom. The van der Waals surface area contributed by atoms with Gasteiger partial charge in [0.2, 0.25) is 0 Å². The molecule has 18 heavy (non-hydrogen) atoms. The van der Waals surface area contributed by atoms with Gasteiger partial charge >= 0.3 is 0 Å². The number of nitrogens with one attached hydrogen (secondary N) is 1. The van der Waals surface area contributed by atoms with Gasteiger partial charge in [0.15, 0.2) is 0 Å². The lowest BCUT2D eigenvalue weighted by atomic mass is 10.1. The Balaban J connectivity index is 2.28. The molecule has 5 heteroatoms. The summed E-state index contributed by atoms with van der Waals surface area (Å²) in [4.78, 5) is 11.9. The molecular weight excluding hydrogens is 255 g/mol. The molecule has 92 valence electrons. The summed E-state index contributed by atoms with van der Waals surface area (Å²) < 4.78 is 13.4. The van der Waals surface area contributed by atoms with E-state index in [1.54, 1.807) is 24.3 Å². The molecule has 2 aromatic carbocycles. The topological polar surface area (TPSA) is 55.1 Å². The summed E-state index contributed by atoms with van der Waals surface area (Å²) in [6, 6.07) is 10.6. The maximum Gasteiger partial charge on any atom is 0.257 e. The highest BCUT2D eigenvalue weighted by Gasteiger charge is 2.13. The van der Waals surface area contributed by atoms with Crippen LogP contribution in [-0.4, -0.2) is 5.91 Å². The number of nitrogen functional groups attached to an aromatic ring is 1. The number of carbonyl (C=O) groups is 1. The van der Waals surface area contributed by atoms with Crippen molar-refractivity contribution in [1.82, 2.24) is 0 Å². The van der Waals surface area contributed by atoms with Crippen LogP contribution in [-0.2, 0) is 0 Å². The van der Waals surface area contributed by atoms with E-state index in [-0.39, 0.29) is 22.0 Å². The summed E-state index contributed by atoms with van der Waals surface area (Å²) >= 11 is 5.81. The molecule has 0 saturated carbocycles. The summed E-state index contributed by atoms with van der Waals surface area (Å²) in [6.45, 7) is 0. The van der Waals surface area contributed by atoms with Gasteiger partial charge in [-0.05, 0) is 24.3 Å². The van der Waals surface area contributed by atoms with Crippen LogP contribution in [0.3, 0.4) is 0 Å². The lowest BCUT2D eigenvalue weighted by Crippen LogP contribution is -2.15. The van der Waals surface area contributed by atoms with Gasteiger partial charge in [0, 0.05) is 0 Å². The molecule has 0 atom stereocenters. The van der Waals surface area contributed by atoms with Gasteiger partial charge in [0.25, 0.3) is 5.91 Å². The van der Waals surface area contributed by atoms with Crippen molar-refractivity contribution < 1.29 is 9.18 Å². The predicted octanol–water partition coefficient (Wildman–Crippen LogP) is 3.31. The predicted molar refractivity (Wildman–Crippen MR) is 70.2 cm³/mol. The third-order valence-electron chi connectivity index (χ3n) is 2.42. The normalized spacial score (nSPS) is 10.1. The highest BCUT2D eigenvalue weighted by molar-refractivity contribution is 6.34. The van der Waals surface area contributed by atoms with Crippen molar-refractivity contribution in [2.24, 2.45) is 0 Å². The summed E-state index contributed by atoms with van der Waals surface area (Å²) in [7, 11) is 0. The Bertz CT molecular complexity index is 601. The number of anilines is 2. The minimum absolute atomic E-state index is 0.0990. The zero-order chi connectivity index (χ0) is 13.1. The van der Waals surface area contributed by atoms with Crippen molar-refractivity contribution in [2.75, 3.05) is 11.1 Å². The number of hydrogen-bond donors (Lipinski definition) is 2. The monoisotopic (exact) mass is 264 g/mol. The van der Waals surface area contributed by atoms with E-state index < -0.39 is 11.7 Å². The zero-order valence-electron chi connectivity index (χ0n) is 9.28. The van der Waals surface area contributed by atoms with Crippen molar-refractivity contribution in [3.8, 4) is 0 Å². The van der Waals surface area contributed by atoms with E-state index in [0.717, 1.165) is 0 Å². The van der Waals surface area contributed by atoms with Crippen LogP contribution >= 0.6 is 11.6 Å². The molecule has 3 nitrogen and oxygen atoms in total. The van der Waals surface area contributed by atoms with Gasteiger partial charge in [-0.25, -0.2) is 4.39 Å². The van der Waals surface area contributed by atoms with E-state index >= 15 is 0 Å². The average molecular weight is 265 g/mol. The summed E-state index contributed by atoms with van der Waals surface area (Å²) in [5, 5.41) is 2.73. The second kappa shape index (κ2) is 5.06. The van der Waals surface area contributed by atoms with Gasteiger partial charge in [0.05, 0.1) is 22.0 Å². The van der Waals surface area contributed by atoms with Crippen LogP contribution in [0.1, 0.15) is 10.4 Å². The number of halogens is 2. The second-order valence-corrected chi connectivity index (χ2v) is 4.04. The van der Waals surface area contributed by atoms with Crippen molar-refractivity contribution in [3.05, 3.63) is 58.9 Å². The molecular formula is C13H10ClFN2O. The molecule has 2 rings (SSSR count). The molecule has 3 N–H and O–H groups in total. The molecule has 0 spiro atoms. The molecule has 0 bridgehead atoms. The fourth-order valence-corrected chi connectivity index (χ4v) is 1.66. The Kier molecular flexibility index (Phi) is 3.48. The maximum absolute atomic E-state index is 13.4. The van der Waals surface area contributed by atoms with Crippen molar-refractivity contribution in [2.45, 2.75) is 0 Å². The SMILES string of the molecule is Nc1c(Cl)cccc1C(=O)Nc1ccccc1F. The van der Waals surface area contributed by atoms with Crippen LogP contribution in [0, 0.1) is 5.82 Å². The first-order valence-corrected chi connectivity index (χ1v) is 5.57. The van der Waals surface area contributed by atoms with Crippen LogP contribution in [0.2, 0.25) is 5.02 Å². The van der Waals surface area contributed by atoms with Crippen molar-refractivity contribution in [1.29, 1.82) is 0 Å². The van der Waals surface area contributed by atoms with E-state index in [0.29, 0.717) is 0 Å². The van der Waals surface area contributed by atoms with Crippen LogP contribution < -0.4 is 11.1 Å². The van der Waals surface area contributed by atoms with E-state index in [1.807, 2.05) is 0 Å². The number of nitrogens with two attached hydrogens (primary N) is 1. The second-order valence-electron chi connectivity index (χ2n) is 3.64. The molecule has 2 aromatic rings. The molecule has 0 radical (unpaired) electrons. The molecule has 0 fully saturated rings. The first-order valence-electron chi connectivity index (χ1n) is 5.19. The molecule has 0 aliphatic rings. The van der Waals surface area contributed by atoms with E-state index in [4.69, 9.17) is 17.3 Å². The van der Waals surface area contributed by atoms with Crippen LogP contribution in [0.25, 0.3) is 0 Å². The lowest BCUT2D eigenvalue weighted by Gasteiger charge is -2.09. The van der Waals surface area contributed by atoms with E-state index in [9.17, 15) is 9.18 Å². The number of benzene rings is 2. The summed E-state index contributed by atoms with van der Waals surface area (Å²) in [5.41, 5.74) is 6.18. The number of carbonyl (C=O) groups excluding carboxylic acids is 1. The lowest BCUT2D eigenvalue weighted by molar-refractivity contribution is 0.102. The van der Waals surface area contributed by atoms with Crippen LogP contribution in [0.15, 0.2) is 42.5 Å². The van der Waals surface area contributed by atoms with Crippen molar-refractivity contribution >= 4 is 28.9 Å². The Hall–Kier alpha value is -2.07. The fourth-order valence-electron chi connectivity index (χ4n) is 1.49. The van der Waals surface area contributed by atoms with Gasteiger partial charge < -0.3 is 11.1 Å². The molecule has 0 saturated heterocycles. The van der Waals surface area contributed by atoms with E-state index in [1.165, 1.54) is 18.2 Å². The Labute approximate surface area is 108 Å². The molecule has 0 aliphatic carbocycles. The average Bonchev–Trinajstić information content (AvgIpc) is 2.35. The first kappa shape index (κ1) is 12.4. The number of amides is 1. The van der Waals surface area contributed by atoms with Crippen LogP contribution in [0.5, 0.6) is 0 Å². The first-order chi connectivity index (χ1) is 8.59. The van der Waals surface area contributed by atoms with Gasteiger partial charge in [-0.15, -0.1) is 0 Å². The van der Waals surface area contributed by atoms with Gasteiger partial charge in [-0.1, -0.05) is 29.8 Å². The van der Waals surface area contributed by atoms with Crippen LogP contribution in [0.4, 0.5) is 15.8 Å². The molecule has 1 amide bonds. The smallest absolute Gasteiger partial charge is 0.257 e. The largest absolute Gasteiger partial charge is 0.397 e. The highest BCUT2D eigenvalue weighted by Crippen LogP contribution is 2.23. The highest BCUT2D eigenvalue weighted by atomic mass is 35.5. The van der Waals surface area contributed by atoms with Crippen molar-refractivity contribution in [3.63, 3.8) is 0 Å². The number of para-hydroxylation sites is 2. The minimum Gasteiger partial charge on any atom is -0.397 e. The molecule has 0 aromatic heterocycles. The molecule has 0 heterocycles. The zero-order valence-corrected chi connectivity index (χ0v) is 10.0. The third kappa shape index (κ3) is 2.43. The Morgan fingerprint density at radius 2 is 1.89 bits per heavy atom. The fraction of sp³-hybridized carbons (Fsp3) is 0. The quantitative estimate of drug-likeness (QED) is 0.818. The maximum atomic E-state index is 13.4. The number of hydrogen-bond acceptors (Lipinski definition) is 2. The van der Waals surface area contributed by atoms with Gasteiger partial charge in [0.1, 0.15) is 5.82 Å². The molecule has 0 unspecified atom stereocenters. The third-order valence-corrected chi connectivity index (χ3v) is 2.75. The van der Waals surface area contributed by atoms with E-state index in [2.05, 4.69) is 5.32 Å². The van der Waals surface area contributed by atoms with Gasteiger partial charge in [-0.2, -0.15) is 0 Å². The number of rotatable bonds is 2. The van der Waals surface area contributed by atoms with Gasteiger partial charge in [-0.3, -0.25) is 4.79 Å². The standard InChI is InChI=1S/C13H10ClFN2O/c14-9-5-3-4-8(12(9)16)13(18)17-11-7-2-1-6-10(11)15/h1-7H,16H2,(H,17,18). The Morgan fingerprint density at radius 1 is 1.17 bits per heavy atom. The summed E-state index contributed by atoms with van der Waals surface area (Å²) in [5.74, 6) is -1.01. The summed E-state index contributed by atoms with van der Waals surface area (Å²) in [6.07, 6.45) is 0.